The van der Waals surface area contributed by atoms with Gasteiger partial charge < -0.3 is 10.0 Å². The molecule has 28 heavy (non-hydrogen) atoms. The standard InChI is InChI=1S/C23H26Cl2NO2/c1-4-21(15(3)27)26-22(16-8-10-18(24)11-9-16)20(12-14(2)23(26)28)17-6-5-7-19(25)13-17/h5-11,13,15,20-22,27H,4,12H2,1-3H3/t15-,20+,21-,22+/m0/s1. The third kappa shape index (κ3) is 4.22. The van der Waals surface area contributed by atoms with Crippen molar-refractivity contribution in [2.45, 2.75) is 57.7 Å². The highest BCUT2D eigenvalue weighted by molar-refractivity contribution is 6.30. The molecule has 5 heteroatoms. The lowest BCUT2D eigenvalue weighted by Gasteiger charge is -2.48. The zero-order chi connectivity index (χ0) is 20.4. The Morgan fingerprint density at radius 3 is 2.36 bits per heavy atom. The van der Waals surface area contributed by atoms with Gasteiger partial charge in [-0.05, 0) is 62.1 Å². The fourth-order valence-corrected chi connectivity index (χ4v) is 4.61. The molecule has 0 saturated carbocycles. The summed E-state index contributed by atoms with van der Waals surface area (Å²) in [6, 6.07) is 15.0. The number of carbonyl (C=O) groups excluding carboxylic acids is 1. The molecular weight excluding hydrogens is 393 g/mol. The van der Waals surface area contributed by atoms with Crippen LogP contribution in [0.4, 0.5) is 0 Å². The minimum Gasteiger partial charge on any atom is -0.391 e. The largest absolute Gasteiger partial charge is 0.391 e. The Labute approximate surface area is 177 Å². The van der Waals surface area contributed by atoms with Crippen molar-refractivity contribution in [2.24, 2.45) is 0 Å². The number of amides is 1. The molecule has 1 aliphatic heterocycles. The third-order valence-corrected chi connectivity index (χ3v) is 6.11. The Morgan fingerprint density at radius 2 is 1.79 bits per heavy atom. The highest BCUT2D eigenvalue weighted by Gasteiger charge is 2.45. The van der Waals surface area contributed by atoms with Crippen LogP contribution in [0.2, 0.25) is 10.0 Å². The van der Waals surface area contributed by atoms with Crippen molar-refractivity contribution < 1.29 is 9.90 Å². The lowest BCUT2D eigenvalue weighted by atomic mass is 9.75. The van der Waals surface area contributed by atoms with Gasteiger partial charge >= 0.3 is 0 Å². The number of aliphatic hydroxyl groups is 1. The van der Waals surface area contributed by atoms with Crippen molar-refractivity contribution in [1.29, 1.82) is 0 Å². The summed E-state index contributed by atoms with van der Waals surface area (Å²) in [6.07, 6.45) is 0.692. The predicted octanol–water partition coefficient (Wildman–Crippen LogP) is 5.80. The number of likely N-dealkylation sites (tertiary alicyclic amines) is 1. The zero-order valence-corrected chi connectivity index (χ0v) is 17.9. The maximum atomic E-state index is 13.3. The maximum absolute atomic E-state index is 13.3. The lowest BCUT2D eigenvalue weighted by molar-refractivity contribution is -0.141. The van der Waals surface area contributed by atoms with E-state index < -0.39 is 6.10 Å². The average Bonchev–Trinajstić information content (AvgIpc) is 2.66. The Balaban J connectivity index is 2.16. The fourth-order valence-electron chi connectivity index (χ4n) is 4.29. The number of hydrogen-bond acceptors (Lipinski definition) is 2. The number of nitrogens with zero attached hydrogens (tertiary/aromatic N) is 1. The summed E-state index contributed by atoms with van der Waals surface area (Å²) in [4.78, 5) is 15.1. The van der Waals surface area contributed by atoms with Crippen molar-refractivity contribution in [2.75, 3.05) is 0 Å². The number of aliphatic hydroxyl groups excluding tert-OH is 1. The van der Waals surface area contributed by atoms with Gasteiger partial charge in [0.15, 0.2) is 0 Å². The minimum atomic E-state index is -0.630. The first kappa shape index (κ1) is 21.2. The molecule has 149 valence electrons. The van der Waals surface area contributed by atoms with Gasteiger partial charge in [-0.1, -0.05) is 54.4 Å². The molecular formula is C23H26Cl2NO2. The quantitative estimate of drug-likeness (QED) is 0.665. The van der Waals surface area contributed by atoms with E-state index in [1.807, 2.05) is 61.2 Å². The number of hydrogen-bond donors (Lipinski definition) is 1. The fraction of sp³-hybridized carbons (Fsp3) is 0.391. The van der Waals surface area contributed by atoms with Crippen molar-refractivity contribution in [1.82, 2.24) is 4.90 Å². The van der Waals surface area contributed by atoms with Crippen LogP contribution in [-0.4, -0.2) is 28.1 Å². The summed E-state index contributed by atoms with van der Waals surface area (Å²) >= 11 is 12.4. The van der Waals surface area contributed by atoms with Crippen molar-refractivity contribution >= 4 is 29.1 Å². The highest BCUT2D eigenvalue weighted by atomic mass is 35.5. The minimum absolute atomic E-state index is 0.00554. The summed E-state index contributed by atoms with van der Waals surface area (Å²) in [6.45, 7) is 5.64. The van der Waals surface area contributed by atoms with Crippen LogP contribution in [-0.2, 0) is 4.79 Å². The molecule has 1 radical (unpaired) electrons. The zero-order valence-electron chi connectivity index (χ0n) is 16.4. The molecule has 1 N–H and O–H groups in total. The van der Waals surface area contributed by atoms with E-state index in [9.17, 15) is 9.90 Å². The molecule has 1 aliphatic rings. The molecule has 0 aliphatic carbocycles. The van der Waals surface area contributed by atoms with Crippen LogP contribution in [0.3, 0.4) is 0 Å². The smallest absolute Gasteiger partial charge is 0.230 e. The third-order valence-electron chi connectivity index (χ3n) is 5.63. The van der Waals surface area contributed by atoms with Crippen LogP contribution in [0.1, 0.15) is 56.7 Å². The second-order valence-corrected chi connectivity index (χ2v) is 8.44. The summed E-state index contributed by atoms with van der Waals surface area (Å²) in [5.74, 6) is 0.852. The van der Waals surface area contributed by atoms with Gasteiger partial charge in [0.05, 0.1) is 24.1 Å². The molecule has 0 spiro atoms. The van der Waals surface area contributed by atoms with Gasteiger partial charge in [-0.3, -0.25) is 4.79 Å². The molecule has 2 aromatic carbocycles. The molecule has 3 nitrogen and oxygen atoms in total. The topological polar surface area (TPSA) is 40.5 Å². The second-order valence-electron chi connectivity index (χ2n) is 7.57. The van der Waals surface area contributed by atoms with Crippen LogP contribution in [0, 0.1) is 5.92 Å². The van der Waals surface area contributed by atoms with Crippen LogP contribution < -0.4 is 0 Å². The van der Waals surface area contributed by atoms with E-state index in [4.69, 9.17) is 23.2 Å². The van der Waals surface area contributed by atoms with Crippen molar-refractivity contribution in [3.8, 4) is 0 Å². The number of piperidine rings is 1. The maximum Gasteiger partial charge on any atom is 0.230 e. The first-order valence-corrected chi connectivity index (χ1v) is 10.4. The van der Waals surface area contributed by atoms with E-state index in [-0.39, 0.29) is 23.9 Å². The molecule has 0 bridgehead atoms. The Kier molecular flexibility index (Phi) is 6.69. The molecule has 2 aromatic rings. The normalized spacial score (nSPS) is 22.9. The van der Waals surface area contributed by atoms with E-state index in [1.165, 1.54) is 0 Å². The van der Waals surface area contributed by atoms with E-state index in [0.717, 1.165) is 17.0 Å². The molecule has 1 fully saturated rings. The summed E-state index contributed by atoms with van der Waals surface area (Å²) in [5.41, 5.74) is 2.10. The van der Waals surface area contributed by atoms with Crippen molar-refractivity contribution in [3.63, 3.8) is 0 Å². The highest BCUT2D eigenvalue weighted by Crippen LogP contribution is 2.47. The molecule has 0 aromatic heterocycles. The summed E-state index contributed by atoms with van der Waals surface area (Å²) in [7, 11) is 0. The first-order valence-electron chi connectivity index (χ1n) is 9.67. The van der Waals surface area contributed by atoms with Gasteiger partial charge in [0.25, 0.3) is 0 Å². The summed E-state index contributed by atoms with van der Waals surface area (Å²) in [5, 5.41) is 11.8. The van der Waals surface area contributed by atoms with Crippen LogP contribution in [0.25, 0.3) is 0 Å². The van der Waals surface area contributed by atoms with Crippen LogP contribution in [0.5, 0.6) is 0 Å². The number of rotatable bonds is 5. The molecule has 1 amide bonds. The van der Waals surface area contributed by atoms with Gasteiger partial charge in [-0.15, -0.1) is 0 Å². The molecule has 1 saturated heterocycles. The van der Waals surface area contributed by atoms with Crippen LogP contribution >= 0.6 is 23.2 Å². The SMILES string of the molecule is CC[C@@H]([C@H](C)O)N1C(=O)[C](C)C[C@H](c2cccc(Cl)c2)[C@H]1c1ccc(Cl)cc1. The van der Waals surface area contributed by atoms with Crippen molar-refractivity contribution in [3.05, 3.63) is 75.6 Å². The molecule has 0 unspecified atom stereocenters. The summed E-state index contributed by atoms with van der Waals surface area (Å²) < 4.78 is 0. The van der Waals surface area contributed by atoms with Gasteiger partial charge in [0, 0.05) is 16.0 Å². The number of carbonyl (C=O) groups is 1. The molecule has 1 heterocycles. The van der Waals surface area contributed by atoms with E-state index >= 15 is 0 Å². The molecule has 4 atom stereocenters. The van der Waals surface area contributed by atoms with Gasteiger partial charge in [-0.2, -0.15) is 0 Å². The van der Waals surface area contributed by atoms with E-state index in [1.54, 1.807) is 6.92 Å². The Bertz CT molecular complexity index is 822. The first-order chi connectivity index (χ1) is 13.3. The van der Waals surface area contributed by atoms with Crippen LogP contribution in [0.15, 0.2) is 48.5 Å². The van der Waals surface area contributed by atoms with E-state index in [0.29, 0.717) is 22.9 Å². The average molecular weight is 419 g/mol. The predicted molar refractivity (Wildman–Crippen MR) is 115 cm³/mol. The van der Waals surface area contributed by atoms with Gasteiger partial charge in [0.2, 0.25) is 5.91 Å². The second kappa shape index (κ2) is 8.86. The number of halogens is 2. The van der Waals surface area contributed by atoms with E-state index in [2.05, 4.69) is 6.07 Å². The molecule has 3 rings (SSSR count). The monoisotopic (exact) mass is 418 g/mol. The van der Waals surface area contributed by atoms with Gasteiger partial charge in [-0.25, -0.2) is 0 Å². The van der Waals surface area contributed by atoms with Gasteiger partial charge in [0.1, 0.15) is 0 Å². The Morgan fingerprint density at radius 1 is 1.11 bits per heavy atom. The lowest BCUT2D eigenvalue weighted by Crippen LogP contribution is -2.53. The number of benzene rings is 2. The Hall–Kier alpha value is -1.55.